The number of aryl methyl sites for hydroxylation is 2. The SMILES string of the molecule is Cc1cc(=O)oc(C)c1C(=O)N1CCN(c2ccccn2)CC1. The average Bonchev–Trinajstić information content (AvgIpc) is 2.55. The molecule has 0 bridgehead atoms. The third-order valence-electron chi connectivity index (χ3n) is 4.09. The van der Waals surface area contributed by atoms with E-state index in [2.05, 4.69) is 9.88 Å². The highest BCUT2D eigenvalue weighted by Crippen LogP contribution is 2.17. The predicted molar refractivity (Wildman–Crippen MR) is 86.8 cm³/mol. The fourth-order valence-electron chi connectivity index (χ4n) is 2.91. The Morgan fingerprint density at radius 1 is 1.17 bits per heavy atom. The molecule has 120 valence electrons. The molecule has 2 aromatic rings. The summed E-state index contributed by atoms with van der Waals surface area (Å²) in [5.41, 5.74) is 0.739. The first-order chi connectivity index (χ1) is 11.1. The molecule has 3 heterocycles. The summed E-state index contributed by atoms with van der Waals surface area (Å²) in [6.07, 6.45) is 1.77. The predicted octanol–water partition coefficient (Wildman–Crippen LogP) is 1.61. The molecule has 1 fully saturated rings. The molecule has 0 atom stereocenters. The minimum atomic E-state index is -0.420. The van der Waals surface area contributed by atoms with Crippen LogP contribution in [0.25, 0.3) is 0 Å². The second-order valence-electron chi connectivity index (χ2n) is 5.65. The van der Waals surface area contributed by atoms with Gasteiger partial charge in [-0.15, -0.1) is 0 Å². The lowest BCUT2D eigenvalue weighted by Crippen LogP contribution is -2.49. The maximum absolute atomic E-state index is 12.7. The van der Waals surface area contributed by atoms with Gasteiger partial charge in [-0.2, -0.15) is 0 Å². The smallest absolute Gasteiger partial charge is 0.336 e. The number of carbonyl (C=O) groups is 1. The Hall–Kier alpha value is -2.63. The fourth-order valence-corrected chi connectivity index (χ4v) is 2.91. The van der Waals surface area contributed by atoms with Crippen molar-refractivity contribution in [2.24, 2.45) is 0 Å². The van der Waals surface area contributed by atoms with Crippen molar-refractivity contribution in [3.8, 4) is 0 Å². The van der Waals surface area contributed by atoms with Crippen LogP contribution in [0.3, 0.4) is 0 Å². The summed E-state index contributed by atoms with van der Waals surface area (Å²) >= 11 is 0. The number of hydrogen-bond acceptors (Lipinski definition) is 5. The van der Waals surface area contributed by atoms with Crippen LogP contribution < -0.4 is 10.5 Å². The third kappa shape index (κ3) is 3.11. The molecule has 6 heteroatoms. The van der Waals surface area contributed by atoms with E-state index in [-0.39, 0.29) is 5.91 Å². The molecule has 0 saturated carbocycles. The molecule has 1 aliphatic rings. The van der Waals surface area contributed by atoms with Crippen molar-refractivity contribution in [1.29, 1.82) is 0 Å². The molecule has 1 amide bonds. The number of amides is 1. The highest BCUT2D eigenvalue weighted by molar-refractivity contribution is 5.96. The van der Waals surface area contributed by atoms with Gasteiger partial charge in [0.05, 0.1) is 5.56 Å². The zero-order valence-electron chi connectivity index (χ0n) is 13.3. The highest BCUT2D eigenvalue weighted by atomic mass is 16.4. The molecule has 0 unspecified atom stereocenters. The molecule has 0 spiro atoms. The van der Waals surface area contributed by atoms with Crippen molar-refractivity contribution < 1.29 is 9.21 Å². The number of carbonyl (C=O) groups excluding carboxylic acids is 1. The molecular formula is C17H19N3O3. The van der Waals surface area contributed by atoms with Gasteiger partial charge in [-0.1, -0.05) is 6.07 Å². The van der Waals surface area contributed by atoms with Crippen LogP contribution in [0, 0.1) is 13.8 Å². The summed E-state index contributed by atoms with van der Waals surface area (Å²) < 4.78 is 5.07. The largest absolute Gasteiger partial charge is 0.427 e. The van der Waals surface area contributed by atoms with E-state index < -0.39 is 5.63 Å². The van der Waals surface area contributed by atoms with E-state index in [1.165, 1.54) is 6.07 Å². The van der Waals surface area contributed by atoms with Crippen LogP contribution in [-0.2, 0) is 0 Å². The van der Waals surface area contributed by atoms with Gasteiger partial charge in [-0.25, -0.2) is 9.78 Å². The Kier molecular flexibility index (Phi) is 4.14. The lowest BCUT2D eigenvalue weighted by atomic mass is 10.1. The number of hydrogen-bond donors (Lipinski definition) is 0. The van der Waals surface area contributed by atoms with E-state index in [9.17, 15) is 9.59 Å². The standard InChI is InChI=1S/C17H19N3O3/c1-12-11-15(21)23-13(2)16(12)17(22)20-9-7-19(8-10-20)14-5-3-4-6-18-14/h3-6,11H,7-10H2,1-2H3. The van der Waals surface area contributed by atoms with E-state index in [0.717, 1.165) is 18.9 Å². The lowest BCUT2D eigenvalue weighted by molar-refractivity contribution is 0.0741. The molecular weight excluding hydrogens is 294 g/mol. The molecule has 1 saturated heterocycles. The van der Waals surface area contributed by atoms with Crippen LogP contribution in [0.1, 0.15) is 21.7 Å². The van der Waals surface area contributed by atoms with Gasteiger partial charge in [0.1, 0.15) is 11.6 Å². The van der Waals surface area contributed by atoms with Crippen molar-refractivity contribution in [2.75, 3.05) is 31.1 Å². The van der Waals surface area contributed by atoms with E-state index in [1.807, 2.05) is 18.2 Å². The zero-order valence-corrected chi connectivity index (χ0v) is 13.3. The Morgan fingerprint density at radius 3 is 2.52 bits per heavy atom. The minimum Gasteiger partial charge on any atom is -0.427 e. The maximum atomic E-state index is 12.7. The lowest BCUT2D eigenvalue weighted by Gasteiger charge is -2.35. The summed E-state index contributed by atoms with van der Waals surface area (Å²) in [6, 6.07) is 7.18. The molecule has 0 aliphatic carbocycles. The van der Waals surface area contributed by atoms with Crippen molar-refractivity contribution >= 4 is 11.7 Å². The van der Waals surface area contributed by atoms with Crippen LogP contribution in [0.4, 0.5) is 5.82 Å². The molecule has 0 aromatic carbocycles. The Labute approximate surface area is 134 Å². The maximum Gasteiger partial charge on any atom is 0.336 e. The van der Waals surface area contributed by atoms with Crippen LogP contribution >= 0.6 is 0 Å². The summed E-state index contributed by atoms with van der Waals surface area (Å²) in [4.78, 5) is 32.4. The monoisotopic (exact) mass is 313 g/mol. The third-order valence-corrected chi connectivity index (χ3v) is 4.09. The first kappa shape index (κ1) is 15.3. The van der Waals surface area contributed by atoms with E-state index in [0.29, 0.717) is 30.0 Å². The number of aromatic nitrogens is 1. The minimum absolute atomic E-state index is 0.0792. The molecule has 3 rings (SSSR count). The van der Waals surface area contributed by atoms with Gasteiger partial charge in [0.15, 0.2) is 0 Å². The van der Waals surface area contributed by atoms with Crippen molar-refractivity contribution in [3.05, 3.63) is 57.8 Å². The van der Waals surface area contributed by atoms with Crippen LogP contribution in [0.5, 0.6) is 0 Å². The van der Waals surface area contributed by atoms with Crippen molar-refractivity contribution in [1.82, 2.24) is 9.88 Å². The summed E-state index contributed by atoms with van der Waals surface area (Å²) in [6.45, 7) is 6.13. The van der Waals surface area contributed by atoms with Gasteiger partial charge in [0.2, 0.25) is 0 Å². The Bertz CT molecular complexity index is 736. The molecule has 2 aromatic heterocycles. The number of pyridine rings is 1. The van der Waals surface area contributed by atoms with Crippen LogP contribution in [-0.4, -0.2) is 42.0 Å². The van der Waals surface area contributed by atoms with E-state index in [4.69, 9.17) is 4.42 Å². The summed E-state index contributed by atoms with van der Waals surface area (Å²) in [7, 11) is 0. The second-order valence-corrected chi connectivity index (χ2v) is 5.65. The average molecular weight is 313 g/mol. The highest BCUT2D eigenvalue weighted by Gasteiger charge is 2.25. The summed E-state index contributed by atoms with van der Waals surface area (Å²) in [5, 5.41) is 0. The van der Waals surface area contributed by atoms with Gasteiger partial charge >= 0.3 is 5.63 Å². The molecule has 0 N–H and O–H groups in total. The first-order valence-corrected chi connectivity index (χ1v) is 7.63. The molecule has 23 heavy (non-hydrogen) atoms. The zero-order chi connectivity index (χ0) is 16.4. The molecule has 6 nitrogen and oxygen atoms in total. The normalized spacial score (nSPS) is 14.9. The van der Waals surface area contributed by atoms with Gasteiger partial charge in [-0.3, -0.25) is 4.79 Å². The van der Waals surface area contributed by atoms with Gasteiger partial charge in [-0.05, 0) is 31.5 Å². The first-order valence-electron chi connectivity index (χ1n) is 7.63. The van der Waals surface area contributed by atoms with Gasteiger partial charge in [0.25, 0.3) is 5.91 Å². The second kappa shape index (κ2) is 6.24. The number of rotatable bonds is 2. The van der Waals surface area contributed by atoms with Gasteiger partial charge in [0, 0.05) is 38.4 Å². The molecule has 0 radical (unpaired) electrons. The Morgan fingerprint density at radius 2 is 1.91 bits per heavy atom. The topological polar surface area (TPSA) is 66.7 Å². The van der Waals surface area contributed by atoms with Gasteiger partial charge < -0.3 is 14.2 Å². The number of anilines is 1. The fraction of sp³-hybridized carbons (Fsp3) is 0.353. The Balaban J connectivity index is 1.73. The van der Waals surface area contributed by atoms with Crippen LogP contribution in [0.15, 0.2) is 39.7 Å². The number of nitrogens with zero attached hydrogens (tertiary/aromatic N) is 3. The quantitative estimate of drug-likeness (QED) is 0.843. The van der Waals surface area contributed by atoms with Crippen LogP contribution in [0.2, 0.25) is 0 Å². The van der Waals surface area contributed by atoms with E-state index >= 15 is 0 Å². The van der Waals surface area contributed by atoms with Crippen molar-refractivity contribution in [3.63, 3.8) is 0 Å². The van der Waals surface area contributed by atoms with Crippen molar-refractivity contribution in [2.45, 2.75) is 13.8 Å². The molecule has 1 aliphatic heterocycles. The van der Waals surface area contributed by atoms with E-state index in [1.54, 1.807) is 24.9 Å². The summed E-state index contributed by atoms with van der Waals surface area (Å²) in [5.74, 6) is 1.23. The number of piperazine rings is 1.